The molecule has 0 spiro atoms. The number of amides is 2. The zero-order chi connectivity index (χ0) is 21.3. The monoisotopic (exact) mass is 415 g/mol. The van der Waals surface area contributed by atoms with Gasteiger partial charge in [-0.15, -0.1) is 0 Å². The number of benzene rings is 1. The molecule has 0 radical (unpaired) electrons. The van der Waals surface area contributed by atoms with Crippen LogP contribution in [-0.4, -0.2) is 73.1 Å². The zero-order valence-corrected chi connectivity index (χ0v) is 18.0. The molecule has 8 nitrogen and oxygen atoms in total. The molecule has 2 heterocycles. The summed E-state index contributed by atoms with van der Waals surface area (Å²) in [5.74, 6) is 0.691. The number of hydrogen-bond acceptors (Lipinski definition) is 4. The summed E-state index contributed by atoms with van der Waals surface area (Å²) in [7, 11) is 0. The maximum atomic E-state index is 12.7. The highest BCUT2D eigenvalue weighted by Crippen LogP contribution is 2.18. The van der Waals surface area contributed by atoms with Gasteiger partial charge in [-0.1, -0.05) is 24.3 Å². The molecule has 1 saturated heterocycles. The number of hydrogen-bond donors (Lipinski definition) is 2. The highest BCUT2D eigenvalue weighted by molar-refractivity contribution is 5.85. The summed E-state index contributed by atoms with van der Waals surface area (Å²) in [6, 6.07) is 8.50. The van der Waals surface area contributed by atoms with Crippen LogP contribution >= 0.6 is 0 Å². The highest BCUT2D eigenvalue weighted by atomic mass is 16.6. The van der Waals surface area contributed by atoms with Crippen LogP contribution in [0, 0.1) is 0 Å². The molecule has 1 aromatic rings. The third-order valence-corrected chi connectivity index (χ3v) is 5.56. The van der Waals surface area contributed by atoms with E-state index in [2.05, 4.69) is 27.8 Å². The summed E-state index contributed by atoms with van der Waals surface area (Å²) in [5.41, 5.74) is 2.55. The van der Waals surface area contributed by atoms with Gasteiger partial charge in [0.1, 0.15) is 6.54 Å². The molecule has 164 valence electrons. The molecule has 0 aromatic heterocycles. The normalized spacial score (nSPS) is 17.3. The van der Waals surface area contributed by atoms with E-state index in [4.69, 9.17) is 4.74 Å². The quantitative estimate of drug-likeness (QED) is 0.565. The third-order valence-electron chi connectivity index (χ3n) is 5.56. The first-order chi connectivity index (χ1) is 14.6. The van der Waals surface area contributed by atoms with Gasteiger partial charge in [0.05, 0.1) is 6.61 Å². The molecule has 8 heteroatoms. The van der Waals surface area contributed by atoms with E-state index in [1.54, 1.807) is 4.90 Å². The molecule has 0 saturated carbocycles. The average Bonchev–Trinajstić information content (AvgIpc) is 2.77. The lowest BCUT2D eigenvalue weighted by Gasteiger charge is -2.32. The molecular weight excluding hydrogens is 382 g/mol. The lowest BCUT2D eigenvalue weighted by Crippen LogP contribution is -2.50. The fourth-order valence-electron chi connectivity index (χ4n) is 3.89. The molecule has 2 aliphatic heterocycles. The van der Waals surface area contributed by atoms with Crippen LogP contribution in [0.15, 0.2) is 29.3 Å². The summed E-state index contributed by atoms with van der Waals surface area (Å²) >= 11 is 0. The van der Waals surface area contributed by atoms with Crippen LogP contribution in [0.1, 0.15) is 37.8 Å². The van der Waals surface area contributed by atoms with Crippen LogP contribution in [0.2, 0.25) is 0 Å². The standard InChI is InChI=1S/C22H33N5O3/c1-3-23-21(25-19-10-13-26(14-11-19)22(29)30-4-2)24-15-20(28)27-12-9-17-7-5-6-8-18(17)16-27/h5-8,19H,3-4,9-16H2,1-2H3,(H2,23,24,25). The number of carbonyl (C=O) groups is 2. The summed E-state index contributed by atoms with van der Waals surface area (Å²) in [6.45, 7) is 7.76. The van der Waals surface area contributed by atoms with Gasteiger partial charge in [0.15, 0.2) is 5.96 Å². The van der Waals surface area contributed by atoms with Crippen molar-refractivity contribution in [1.29, 1.82) is 0 Å². The lowest BCUT2D eigenvalue weighted by molar-refractivity contribution is -0.130. The van der Waals surface area contributed by atoms with Crippen LogP contribution in [-0.2, 0) is 22.5 Å². The van der Waals surface area contributed by atoms with Gasteiger partial charge < -0.3 is 25.2 Å². The predicted molar refractivity (Wildman–Crippen MR) is 116 cm³/mol. The van der Waals surface area contributed by atoms with Crippen LogP contribution in [0.3, 0.4) is 0 Å². The van der Waals surface area contributed by atoms with Crippen LogP contribution in [0.4, 0.5) is 4.79 Å². The molecule has 3 rings (SSSR count). The Hall–Kier alpha value is -2.77. The molecule has 2 aliphatic rings. The maximum absolute atomic E-state index is 12.7. The summed E-state index contributed by atoms with van der Waals surface area (Å²) in [5, 5.41) is 6.63. The molecule has 0 atom stereocenters. The second-order valence-corrected chi connectivity index (χ2v) is 7.63. The minimum absolute atomic E-state index is 0.0406. The molecule has 2 amide bonds. The van der Waals surface area contributed by atoms with Crippen molar-refractivity contribution in [2.24, 2.45) is 4.99 Å². The molecule has 0 unspecified atom stereocenters. The smallest absolute Gasteiger partial charge is 0.409 e. The topological polar surface area (TPSA) is 86.3 Å². The number of likely N-dealkylation sites (tertiary alicyclic amines) is 1. The van der Waals surface area contributed by atoms with Gasteiger partial charge in [-0.3, -0.25) is 4.79 Å². The second kappa shape index (κ2) is 10.8. The van der Waals surface area contributed by atoms with Crippen molar-refractivity contribution in [3.63, 3.8) is 0 Å². The number of piperidine rings is 1. The fourth-order valence-corrected chi connectivity index (χ4v) is 3.89. The van der Waals surface area contributed by atoms with Crippen LogP contribution in [0.5, 0.6) is 0 Å². The van der Waals surface area contributed by atoms with Crippen molar-refractivity contribution >= 4 is 18.0 Å². The Labute approximate surface area is 178 Å². The van der Waals surface area contributed by atoms with E-state index in [1.165, 1.54) is 11.1 Å². The Kier molecular flexibility index (Phi) is 7.93. The Morgan fingerprint density at radius 2 is 1.83 bits per heavy atom. The third kappa shape index (κ3) is 5.87. The number of rotatable bonds is 5. The van der Waals surface area contributed by atoms with E-state index in [0.717, 1.165) is 32.4 Å². The van der Waals surface area contributed by atoms with Gasteiger partial charge in [-0.05, 0) is 44.2 Å². The van der Waals surface area contributed by atoms with E-state index < -0.39 is 0 Å². The van der Waals surface area contributed by atoms with Crippen molar-refractivity contribution in [2.45, 2.75) is 45.7 Å². The van der Waals surface area contributed by atoms with Gasteiger partial charge in [0, 0.05) is 38.8 Å². The van der Waals surface area contributed by atoms with Gasteiger partial charge in [0.25, 0.3) is 0 Å². The summed E-state index contributed by atoms with van der Waals surface area (Å²) in [6.07, 6.45) is 2.29. The predicted octanol–water partition coefficient (Wildman–Crippen LogP) is 1.75. The van der Waals surface area contributed by atoms with E-state index in [1.807, 2.05) is 30.9 Å². The molecule has 30 heavy (non-hydrogen) atoms. The second-order valence-electron chi connectivity index (χ2n) is 7.63. The summed E-state index contributed by atoms with van der Waals surface area (Å²) in [4.78, 5) is 32.7. The molecule has 2 N–H and O–H groups in total. The molecule has 1 aromatic carbocycles. The van der Waals surface area contributed by atoms with Gasteiger partial charge in [-0.25, -0.2) is 9.79 Å². The molecule has 0 aliphatic carbocycles. The van der Waals surface area contributed by atoms with Gasteiger partial charge >= 0.3 is 6.09 Å². The fraction of sp³-hybridized carbons (Fsp3) is 0.591. The van der Waals surface area contributed by atoms with Crippen molar-refractivity contribution < 1.29 is 14.3 Å². The van der Waals surface area contributed by atoms with E-state index in [0.29, 0.717) is 32.2 Å². The maximum Gasteiger partial charge on any atom is 0.409 e. The molecule has 0 bridgehead atoms. The van der Waals surface area contributed by atoms with E-state index in [-0.39, 0.29) is 24.6 Å². The number of aliphatic imine (C=N–C) groups is 1. The minimum Gasteiger partial charge on any atom is -0.450 e. The van der Waals surface area contributed by atoms with Crippen molar-refractivity contribution in [1.82, 2.24) is 20.4 Å². The van der Waals surface area contributed by atoms with E-state index >= 15 is 0 Å². The number of guanidine groups is 1. The van der Waals surface area contributed by atoms with Crippen LogP contribution in [0.25, 0.3) is 0 Å². The highest BCUT2D eigenvalue weighted by Gasteiger charge is 2.24. The number of fused-ring (bicyclic) bond motifs is 1. The van der Waals surface area contributed by atoms with Crippen molar-refractivity contribution in [3.05, 3.63) is 35.4 Å². The Morgan fingerprint density at radius 1 is 1.10 bits per heavy atom. The Balaban J connectivity index is 1.50. The first kappa shape index (κ1) is 21.9. The molecular formula is C22H33N5O3. The largest absolute Gasteiger partial charge is 0.450 e. The Bertz CT molecular complexity index is 759. The zero-order valence-electron chi connectivity index (χ0n) is 18.0. The first-order valence-electron chi connectivity index (χ1n) is 10.9. The van der Waals surface area contributed by atoms with Crippen LogP contribution < -0.4 is 10.6 Å². The van der Waals surface area contributed by atoms with Gasteiger partial charge in [-0.2, -0.15) is 0 Å². The van der Waals surface area contributed by atoms with Crippen molar-refractivity contribution in [3.8, 4) is 0 Å². The first-order valence-corrected chi connectivity index (χ1v) is 10.9. The SMILES string of the molecule is CCNC(=NCC(=O)N1CCc2ccccc2C1)NC1CCN(C(=O)OCC)CC1. The average molecular weight is 416 g/mol. The number of carbonyl (C=O) groups excluding carboxylic acids is 2. The Morgan fingerprint density at radius 3 is 2.53 bits per heavy atom. The van der Waals surface area contributed by atoms with Gasteiger partial charge in [0.2, 0.25) is 5.91 Å². The number of nitrogens with one attached hydrogen (secondary N) is 2. The number of nitrogens with zero attached hydrogens (tertiary/aromatic N) is 3. The number of ether oxygens (including phenoxy) is 1. The lowest BCUT2D eigenvalue weighted by atomic mass is 10.00. The van der Waals surface area contributed by atoms with E-state index in [9.17, 15) is 9.59 Å². The minimum atomic E-state index is -0.245. The molecule has 1 fully saturated rings. The summed E-state index contributed by atoms with van der Waals surface area (Å²) < 4.78 is 5.07. The van der Waals surface area contributed by atoms with Crippen molar-refractivity contribution in [2.75, 3.05) is 39.3 Å².